The van der Waals surface area contributed by atoms with Crippen molar-refractivity contribution in [3.05, 3.63) is 0 Å². The number of nitrogens with one attached hydrogen (secondary N) is 1. The largest absolute Gasteiger partial charge is 0.393 e. The number of nitrogens with zero attached hydrogens (tertiary/aromatic N) is 1. The molecule has 0 fully saturated rings. The van der Waals surface area contributed by atoms with Crippen molar-refractivity contribution in [3.63, 3.8) is 0 Å². The van der Waals surface area contributed by atoms with Crippen molar-refractivity contribution in [1.29, 1.82) is 0 Å². The summed E-state index contributed by atoms with van der Waals surface area (Å²) in [7, 11) is 3.59. The molecule has 0 heterocycles. The summed E-state index contributed by atoms with van der Waals surface area (Å²) in [5.41, 5.74) is 0. The minimum absolute atomic E-state index is 0.0592. The molecule has 4 nitrogen and oxygen atoms in total. The van der Waals surface area contributed by atoms with Crippen LogP contribution in [-0.2, 0) is 4.79 Å². The molecule has 0 aromatic heterocycles. The van der Waals surface area contributed by atoms with Crippen LogP contribution in [0.4, 0.5) is 0 Å². The van der Waals surface area contributed by atoms with E-state index in [-0.39, 0.29) is 12.0 Å². The molecule has 1 atom stereocenters. The van der Waals surface area contributed by atoms with Gasteiger partial charge in [-0.2, -0.15) is 0 Å². The second-order valence-corrected chi connectivity index (χ2v) is 3.36. The van der Waals surface area contributed by atoms with E-state index in [1.54, 1.807) is 14.0 Å². The standard InChI is InChI=1S/C9H20N2O2/c1-8(12)4-6-11(3)7-5-9(13)10-2/h8,12H,4-7H2,1-3H3,(H,10,13). The molecule has 0 aromatic carbocycles. The molecule has 13 heavy (non-hydrogen) atoms. The van der Waals surface area contributed by atoms with Crippen LogP contribution in [0.25, 0.3) is 0 Å². The van der Waals surface area contributed by atoms with E-state index in [0.717, 1.165) is 19.5 Å². The van der Waals surface area contributed by atoms with Gasteiger partial charge in [-0.3, -0.25) is 4.79 Å². The Hall–Kier alpha value is -0.610. The number of carbonyl (C=O) groups excluding carboxylic acids is 1. The molecule has 2 N–H and O–H groups in total. The van der Waals surface area contributed by atoms with Gasteiger partial charge >= 0.3 is 0 Å². The Morgan fingerprint density at radius 1 is 1.54 bits per heavy atom. The predicted molar refractivity (Wildman–Crippen MR) is 52.5 cm³/mol. The quantitative estimate of drug-likeness (QED) is 0.608. The van der Waals surface area contributed by atoms with Crippen LogP contribution in [0.1, 0.15) is 19.8 Å². The Bertz CT molecular complexity index is 149. The SMILES string of the molecule is CNC(=O)CCN(C)CCC(C)O. The van der Waals surface area contributed by atoms with Gasteiger partial charge in [-0.05, 0) is 20.4 Å². The first-order valence-corrected chi connectivity index (χ1v) is 4.63. The summed E-state index contributed by atoms with van der Waals surface area (Å²) < 4.78 is 0. The van der Waals surface area contributed by atoms with Gasteiger partial charge in [0.15, 0.2) is 0 Å². The molecule has 0 radical (unpaired) electrons. The van der Waals surface area contributed by atoms with Crippen LogP contribution in [0.5, 0.6) is 0 Å². The molecule has 0 saturated carbocycles. The monoisotopic (exact) mass is 188 g/mol. The summed E-state index contributed by atoms with van der Waals surface area (Å²) in [6.45, 7) is 3.34. The summed E-state index contributed by atoms with van der Waals surface area (Å²) in [4.78, 5) is 12.9. The van der Waals surface area contributed by atoms with E-state index in [0.29, 0.717) is 6.42 Å². The molecule has 0 aliphatic rings. The Morgan fingerprint density at radius 3 is 2.62 bits per heavy atom. The van der Waals surface area contributed by atoms with E-state index >= 15 is 0 Å². The smallest absolute Gasteiger partial charge is 0.221 e. The molecule has 0 aromatic rings. The lowest BCUT2D eigenvalue weighted by Gasteiger charge is -2.16. The number of amides is 1. The van der Waals surface area contributed by atoms with Gasteiger partial charge in [-0.15, -0.1) is 0 Å². The van der Waals surface area contributed by atoms with Crippen LogP contribution in [0, 0.1) is 0 Å². The minimum atomic E-state index is -0.262. The minimum Gasteiger partial charge on any atom is -0.393 e. The average molecular weight is 188 g/mol. The maximum atomic E-state index is 10.9. The summed E-state index contributed by atoms with van der Waals surface area (Å²) in [6, 6.07) is 0. The summed E-state index contributed by atoms with van der Waals surface area (Å²) in [6.07, 6.45) is 1.01. The maximum absolute atomic E-state index is 10.9. The predicted octanol–water partition coefficient (Wildman–Crippen LogP) is -0.175. The molecule has 0 rings (SSSR count). The zero-order valence-corrected chi connectivity index (χ0v) is 8.71. The molecular formula is C9H20N2O2. The van der Waals surface area contributed by atoms with Gasteiger partial charge in [0, 0.05) is 26.6 Å². The number of carbonyl (C=O) groups is 1. The molecule has 0 bridgehead atoms. The van der Waals surface area contributed by atoms with Gasteiger partial charge in [-0.25, -0.2) is 0 Å². The van der Waals surface area contributed by atoms with Crippen molar-refractivity contribution in [3.8, 4) is 0 Å². The van der Waals surface area contributed by atoms with Crippen LogP contribution in [0.3, 0.4) is 0 Å². The highest BCUT2D eigenvalue weighted by molar-refractivity contribution is 5.75. The highest BCUT2D eigenvalue weighted by atomic mass is 16.3. The fraction of sp³-hybridized carbons (Fsp3) is 0.889. The molecule has 0 aliphatic carbocycles. The molecule has 0 spiro atoms. The van der Waals surface area contributed by atoms with E-state index in [1.165, 1.54) is 0 Å². The van der Waals surface area contributed by atoms with E-state index in [4.69, 9.17) is 5.11 Å². The van der Waals surface area contributed by atoms with E-state index in [2.05, 4.69) is 5.32 Å². The molecule has 0 saturated heterocycles. The molecule has 1 unspecified atom stereocenters. The van der Waals surface area contributed by atoms with Crippen molar-refractivity contribution in [2.45, 2.75) is 25.9 Å². The van der Waals surface area contributed by atoms with E-state index in [9.17, 15) is 4.79 Å². The number of hydrogen-bond donors (Lipinski definition) is 2. The van der Waals surface area contributed by atoms with Crippen LogP contribution >= 0.6 is 0 Å². The molecule has 78 valence electrons. The van der Waals surface area contributed by atoms with Crippen molar-refractivity contribution >= 4 is 5.91 Å². The number of aliphatic hydroxyl groups excluding tert-OH is 1. The number of hydrogen-bond acceptors (Lipinski definition) is 3. The number of rotatable bonds is 6. The average Bonchev–Trinajstić information content (AvgIpc) is 2.10. The normalized spacial score (nSPS) is 13.0. The third kappa shape index (κ3) is 7.74. The Labute approximate surface area is 79.9 Å². The topological polar surface area (TPSA) is 52.6 Å². The summed E-state index contributed by atoms with van der Waals surface area (Å²) >= 11 is 0. The molecule has 1 amide bonds. The second kappa shape index (κ2) is 6.86. The highest BCUT2D eigenvalue weighted by Crippen LogP contribution is 1.94. The molecule has 0 aliphatic heterocycles. The second-order valence-electron chi connectivity index (χ2n) is 3.36. The zero-order chi connectivity index (χ0) is 10.3. The van der Waals surface area contributed by atoms with E-state index < -0.39 is 0 Å². The third-order valence-corrected chi connectivity index (χ3v) is 1.93. The summed E-state index contributed by atoms with van der Waals surface area (Å²) in [5, 5.41) is 11.6. The van der Waals surface area contributed by atoms with Crippen LogP contribution in [0.2, 0.25) is 0 Å². The van der Waals surface area contributed by atoms with Gasteiger partial charge < -0.3 is 15.3 Å². The van der Waals surface area contributed by atoms with Gasteiger partial charge in [0.1, 0.15) is 0 Å². The van der Waals surface area contributed by atoms with Crippen molar-refractivity contribution in [2.24, 2.45) is 0 Å². The lowest BCUT2D eigenvalue weighted by Crippen LogP contribution is -2.28. The van der Waals surface area contributed by atoms with Gasteiger partial charge in [-0.1, -0.05) is 0 Å². The van der Waals surface area contributed by atoms with E-state index in [1.807, 2.05) is 11.9 Å². The summed E-state index contributed by atoms with van der Waals surface area (Å²) in [5.74, 6) is 0.0592. The Morgan fingerprint density at radius 2 is 2.15 bits per heavy atom. The first-order chi connectivity index (χ1) is 6.06. The van der Waals surface area contributed by atoms with Gasteiger partial charge in [0.25, 0.3) is 0 Å². The fourth-order valence-electron chi connectivity index (χ4n) is 0.936. The lowest BCUT2D eigenvalue weighted by molar-refractivity contribution is -0.120. The number of aliphatic hydroxyl groups is 1. The highest BCUT2D eigenvalue weighted by Gasteiger charge is 2.03. The van der Waals surface area contributed by atoms with Crippen molar-refractivity contribution < 1.29 is 9.90 Å². The first kappa shape index (κ1) is 12.4. The van der Waals surface area contributed by atoms with Crippen LogP contribution < -0.4 is 5.32 Å². The van der Waals surface area contributed by atoms with Crippen molar-refractivity contribution in [1.82, 2.24) is 10.2 Å². The Balaban J connectivity index is 3.40. The van der Waals surface area contributed by atoms with Crippen LogP contribution in [-0.4, -0.2) is 49.2 Å². The molecular weight excluding hydrogens is 168 g/mol. The molecule has 4 heteroatoms. The van der Waals surface area contributed by atoms with Gasteiger partial charge in [0.2, 0.25) is 5.91 Å². The van der Waals surface area contributed by atoms with Crippen molar-refractivity contribution in [2.75, 3.05) is 27.2 Å². The Kier molecular flexibility index (Phi) is 6.54. The lowest BCUT2D eigenvalue weighted by atomic mass is 10.2. The fourth-order valence-corrected chi connectivity index (χ4v) is 0.936. The first-order valence-electron chi connectivity index (χ1n) is 4.63. The van der Waals surface area contributed by atoms with Crippen LogP contribution in [0.15, 0.2) is 0 Å². The third-order valence-electron chi connectivity index (χ3n) is 1.93. The zero-order valence-electron chi connectivity index (χ0n) is 8.71. The maximum Gasteiger partial charge on any atom is 0.221 e. The van der Waals surface area contributed by atoms with Gasteiger partial charge in [0.05, 0.1) is 6.10 Å².